The van der Waals surface area contributed by atoms with Crippen molar-refractivity contribution < 1.29 is 17.0 Å². The van der Waals surface area contributed by atoms with Gasteiger partial charge in [0.25, 0.3) is 0 Å². The lowest BCUT2D eigenvalue weighted by Crippen LogP contribution is -3.00. The van der Waals surface area contributed by atoms with Crippen molar-refractivity contribution >= 4 is 7.26 Å². The van der Waals surface area contributed by atoms with E-state index in [-0.39, 0.29) is 17.0 Å². The summed E-state index contributed by atoms with van der Waals surface area (Å²) >= 11 is 0. The van der Waals surface area contributed by atoms with Crippen LogP contribution in [0.4, 0.5) is 0 Å². The first-order valence-corrected chi connectivity index (χ1v) is 19.1. The molecular formula is C33H70BrP. The summed E-state index contributed by atoms with van der Waals surface area (Å²) < 4.78 is 0. The summed E-state index contributed by atoms with van der Waals surface area (Å²) in [5.41, 5.74) is 0. The molecule has 0 unspecified atom stereocenters. The fraction of sp³-hybridized carbons (Fsp3) is 1.00. The van der Waals surface area contributed by atoms with Crippen LogP contribution < -0.4 is 17.0 Å². The maximum Gasteiger partial charge on any atom is 0.0594 e. The first-order valence-electron chi connectivity index (χ1n) is 16.6. The molecule has 0 N–H and O–H groups in total. The second-order valence-electron chi connectivity index (χ2n) is 11.7. The predicted molar refractivity (Wildman–Crippen MR) is 165 cm³/mol. The Kier molecular flexibility index (Phi) is 33.9. The number of halogens is 1. The van der Waals surface area contributed by atoms with Gasteiger partial charge in [-0.05, 0) is 32.1 Å². The molecule has 0 bridgehead atoms. The van der Waals surface area contributed by atoms with Crippen LogP contribution in [0.15, 0.2) is 0 Å². The Morgan fingerprint density at radius 3 is 0.686 bits per heavy atom. The van der Waals surface area contributed by atoms with Gasteiger partial charge in [-0.15, -0.1) is 0 Å². The van der Waals surface area contributed by atoms with E-state index in [0.29, 0.717) is 0 Å². The Labute approximate surface area is 236 Å². The lowest BCUT2D eigenvalue weighted by molar-refractivity contribution is -0.00000778. The van der Waals surface area contributed by atoms with Crippen LogP contribution in [0.1, 0.15) is 188 Å². The second kappa shape index (κ2) is 31.1. The van der Waals surface area contributed by atoms with E-state index in [1.165, 1.54) is 154 Å². The highest BCUT2D eigenvalue weighted by atomic mass is 79.9. The van der Waals surface area contributed by atoms with Crippen LogP contribution in [0.5, 0.6) is 0 Å². The van der Waals surface area contributed by atoms with Gasteiger partial charge in [0.1, 0.15) is 0 Å². The third kappa shape index (κ3) is 26.3. The van der Waals surface area contributed by atoms with Crippen molar-refractivity contribution in [3.8, 4) is 0 Å². The quantitative estimate of drug-likeness (QED) is 0.0613. The van der Waals surface area contributed by atoms with Crippen LogP contribution >= 0.6 is 7.26 Å². The van der Waals surface area contributed by atoms with Crippen molar-refractivity contribution in [2.24, 2.45) is 0 Å². The Morgan fingerprint density at radius 2 is 0.429 bits per heavy atom. The van der Waals surface area contributed by atoms with E-state index in [9.17, 15) is 0 Å². The molecule has 0 aliphatic rings. The van der Waals surface area contributed by atoms with Gasteiger partial charge in [0.15, 0.2) is 0 Å². The molecule has 35 heavy (non-hydrogen) atoms. The minimum Gasteiger partial charge on any atom is -1.00 e. The monoisotopic (exact) mass is 576 g/mol. The first kappa shape index (κ1) is 38.1. The minimum absolute atomic E-state index is 0. The van der Waals surface area contributed by atoms with Crippen molar-refractivity contribution in [2.45, 2.75) is 188 Å². The van der Waals surface area contributed by atoms with Gasteiger partial charge in [0.05, 0.1) is 24.6 Å². The zero-order chi connectivity index (χ0) is 25.0. The van der Waals surface area contributed by atoms with Gasteiger partial charge >= 0.3 is 0 Å². The summed E-state index contributed by atoms with van der Waals surface area (Å²) in [6.07, 6.45) is 43.5. The average Bonchev–Trinajstić information content (AvgIpc) is 2.84. The molecule has 2 heteroatoms. The van der Waals surface area contributed by atoms with Crippen LogP contribution in [0.2, 0.25) is 0 Å². The van der Waals surface area contributed by atoms with Gasteiger partial charge < -0.3 is 17.0 Å². The molecule has 0 aromatic heterocycles. The number of unbranched alkanes of at least 4 members (excludes halogenated alkanes) is 21. The molecule has 0 heterocycles. The number of hydrogen-bond acceptors (Lipinski definition) is 0. The molecular weight excluding hydrogens is 507 g/mol. The molecule has 0 spiro atoms. The average molecular weight is 578 g/mol. The molecule has 0 saturated heterocycles. The molecule has 0 aliphatic heterocycles. The van der Waals surface area contributed by atoms with E-state index >= 15 is 0 Å². The van der Waals surface area contributed by atoms with E-state index < -0.39 is 7.26 Å². The maximum absolute atomic E-state index is 2.38. The van der Waals surface area contributed by atoms with Crippen molar-refractivity contribution in [1.29, 1.82) is 0 Å². The highest BCUT2D eigenvalue weighted by molar-refractivity contribution is 7.75. The molecule has 0 nitrogen and oxygen atoms in total. The largest absolute Gasteiger partial charge is 1.00 e. The van der Waals surface area contributed by atoms with E-state index in [4.69, 9.17) is 0 Å². The summed E-state index contributed by atoms with van der Waals surface area (Å²) in [4.78, 5) is 0. The van der Waals surface area contributed by atoms with E-state index in [2.05, 4.69) is 27.7 Å². The molecule has 214 valence electrons. The normalized spacial score (nSPS) is 11.7. The summed E-state index contributed by atoms with van der Waals surface area (Å²) in [7, 11) is -0.673. The van der Waals surface area contributed by atoms with Gasteiger partial charge in [0, 0.05) is 7.26 Å². The minimum atomic E-state index is -0.673. The molecule has 0 fully saturated rings. The highest BCUT2D eigenvalue weighted by Gasteiger charge is 2.34. The molecule has 0 saturated carbocycles. The Morgan fingerprint density at radius 1 is 0.257 bits per heavy atom. The molecule has 0 rings (SSSR count). The van der Waals surface area contributed by atoms with Crippen molar-refractivity contribution in [3.63, 3.8) is 0 Å². The van der Waals surface area contributed by atoms with Crippen LogP contribution in [0.3, 0.4) is 0 Å². The maximum atomic E-state index is 2.38. The predicted octanol–water partition coefficient (Wildman–Crippen LogP) is 9.84. The topological polar surface area (TPSA) is 0 Å². The van der Waals surface area contributed by atoms with Crippen LogP contribution in [0, 0.1) is 0 Å². The fourth-order valence-corrected chi connectivity index (χ4v) is 10.7. The molecule has 0 aliphatic carbocycles. The highest BCUT2D eigenvalue weighted by Crippen LogP contribution is 2.61. The molecule has 0 aromatic carbocycles. The first-order chi connectivity index (χ1) is 16.7. The SMILES string of the molecule is CCCCCCCCCCCCCCCCCC[P+](CCCCC)(CCCCC)CCCCC.[Br-]. The summed E-state index contributed by atoms with van der Waals surface area (Å²) in [5.74, 6) is 0. The van der Waals surface area contributed by atoms with Gasteiger partial charge in [-0.2, -0.15) is 0 Å². The molecule has 0 amide bonds. The fourth-order valence-electron chi connectivity index (χ4n) is 5.76. The van der Waals surface area contributed by atoms with Crippen LogP contribution in [0.25, 0.3) is 0 Å². The molecule has 0 atom stereocenters. The lowest BCUT2D eigenvalue weighted by Gasteiger charge is -2.28. The van der Waals surface area contributed by atoms with Gasteiger partial charge in [-0.25, -0.2) is 0 Å². The zero-order valence-corrected chi connectivity index (χ0v) is 27.8. The Bertz CT molecular complexity index is 344. The Balaban J connectivity index is 0. The lowest BCUT2D eigenvalue weighted by atomic mass is 10.0. The van der Waals surface area contributed by atoms with Crippen molar-refractivity contribution in [1.82, 2.24) is 0 Å². The van der Waals surface area contributed by atoms with Crippen molar-refractivity contribution in [3.05, 3.63) is 0 Å². The summed E-state index contributed by atoms with van der Waals surface area (Å²) in [5, 5.41) is 0. The molecule has 0 aromatic rings. The van der Waals surface area contributed by atoms with E-state index in [0.717, 1.165) is 0 Å². The van der Waals surface area contributed by atoms with E-state index in [1.54, 1.807) is 31.1 Å². The van der Waals surface area contributed by atoms with Gasteiger partial charge in [-0.3, -0.25) is 0 Å². The summed E-state index contributed by atoms with van der Waals surface area (Å²) in [6, 6.07) is 0. The second-order valence-corrected chi connectivity index (χ2v) is 16.1. The smallest absolute Gasteiger partial charge is 0.0594 e. The standard InChI is InChI=1S/C33H70P.BrH/c1-5-9-13-14-15-16-17-18-19-20-21-22-23-24-25-29-33-34(30-26-10-6-2,31-27-11-7-3)32-28-12-8-4;/h5-33H2,1-4H3;1H/q+1;/p-1. The van der Waals surface area contributed by atoms with Crippen molar-refractivity contribution in [2.75, 3.05) is 24.6 Å². The van der Waals surface area contributed by atoms with Gasteiger partial charge in [-0.1, -0.05) is 156 Å². The van der Waals surface area contributed by atoms with Crippen LogP contribution in [-0.2, 0) is 0 Å². The van der Waals surface area contributed by atoms with Crippen LogP contribution in [-0.4, -0.2) is 24.6 Å². The summed E-state index contributed by atoms with van der Waals surface area (Å²) in [6.45, 7) is 9.45. The van der Waals surface area contributed by atoms with E-state index in [1.807, 2.05) is 0 Å². The number of hydrogen-bond donors (Lipinski definition) is 0. The molecule has 0 radical (unpaired) electrons. The third-order valence-electron chi connectivity index (χ3n) is 8.19. The van der Waals surface area contributed by atoms with Gasteiger partial charge in [0.2, 0.25) is 0 Å². The third-order valence-corrected chi connectivity index (χ3v) is 13.3. The Hall–Kier alpha value is 0.910. The zero-order valence-electron chi connectivity index (χ0n) is 25.3. The number of rotatable bonds is 29.